The van der Waals surface area contributed by atoms with Crippen molar-refractivity contribution in [3.63, 3.8) is 0 Å². The maximum absolute atomic E-state index is 11.9. The maximum Gasteiger partial charge on any atom is 0.335 e. The molecule has 1 aromatic heterocycles. The summed E-state index contributed by atoms with van der Waals surface area (Å²) in [6, 6.07) is 8.10. The number of carbonyl (C=O) groups is 2. The van der Waals surface area contributed by atoms with Gasteiger partial charge in [-0.05, 0) is 29.7 Å². The van der Waals surface area contributed by atoms with Gasteiger partial charge in [0.2, 0.25) is 0 Å². The van der Waals surface area contributed by atoms with Crippen LogP contribution in [0.5, 0.6) is 0 Å². The zero-order valence-electron chi connectivity index (χ0n) is 11.9. The summed E-state index contributed by atoms with van der Waals surface area (Å²) in [6.45, 7) is 4.35. The standard InChI is InChI=1S/C15H17N3O3/c1-9(2)12-7-13(18-17-12)14(19)16-8-10-3-5-11(6-4-10)15(20)21/h3-7,9H,8H2,1-2H3,(H,16,19)(H,17,18)(H,20,21). The van der Waals surface area contributed by atoms with Crippen molar-refractivity contribution in [1.82, 2.24) is 15.5 Å². The molecule has 1 amide bonds. The number of benzene rings is 1. The van der Waals surface area contributed by atoms with Gasteiger partial charge >= 0.3 is 5.97 Å². The molecule has 0 atom stereocenters. The molecule has 1 heterocycles. The van der Waals surface area contributed by atoms with Crippen molar-refractivity contribution in [2.75, 3.05) is 0 Å². The molecule has 0 spiro atoms. The van der Waals surface area contributed by atoms with Gasteiger partial charge in [-0.1, -0.05) is 26.0 Å². The highest BCUT2D eigenvalue weighted by molar-refractivity contribution is 5.92. The molecule has 21 heavy (non-hydrogen) atoms. The maximum atomic E-state index is 11.9. The monoisotopic (exact) mass is 287 g/mol. The van der Waals surface area contributed by atoms with Gasteiger partial charge in [-0.2, -0.15) is 5.10 Å². The minimum atomic E-state index is -0.969. The summed E-state index contributed by atoms with van der Waals surface area (Å²) in [5.74, 6) is -0.952. The number of carboxylic acids is 1. The first-order valence-corrected chi connectivity index (χ1v) is 6.63. The first-order valence-electron chi connectivity index (χ1n) is 6.63. The van der Waals surface area contributed by atoms with Gasteiger partial charge in [0, 0.05) is 12.2 Å². The van der Waals surface area contributed by atoms with Crippen molar-refractivity contribution >= 4 is 11.9 Å². The summed E-state index contributed by atoms with van der Waals surface area (Å²) in [5, 5.41) is 18.4. The number of hydrogen-bond donors (Lipinski definition) is 3. The Labute approximate surface area is 122 Å². The molecule has 0 aliphatic heterocycles. The normalized spacial score (nSPS) is 10.6. The second kappa shape index (κ2) is 6.21. The van der Waals surface area contributed by atoms with Gasteiger partial charge in [0.1, 0.15) is 5.69 Å². The Balaban J connectivity index is 1.95. The van der Waals surface area contributed by atoms with E-state index in [-0.39, 0.29) is 17.4 Å². The van der Waals surface area contributed by atoms with Gasteiger partial charge < -0.3 is 10.4 Å². The van der Waals surface area contributed by atoms with Gasteiger partial charge in [0.15, 0.2) is 0 Å². The summed E-state index contributed by atoms with van der Waals surface area (Å²) in [7, 11) is 0. The van der Waals surface area contributed by atoms with Gasteiger partial charge in [-0.3, -0.25) is 9.89 Å². The van der Waals surface area contributed by atoms with Crippen molar-refractivity contribution in [3.8, 4) is 0 Å². The molecule has 2 aromatic rings. The molecule has 3 N–H and O–H groups in total. The van der Waals surface area contributed by atoms with E-state index in [1.807, 2.05) is 13.8 Å². The van der Waals surface area contributed by atoms with Gasteiger partial charge in [-0.15, -0.1) is 0 Å². The lowest BCUT2D eigenvalue weighted by Gasteiger charge is -2.04. The summed E-state index contributed by atoms with van der Waals surface area (Å²) in [6.07, 6.45) is 0. The van der Waals surface area contributed by atoms with Crippen LogP contribution in [0, 0.1) is 0 Å². The number of aromatic carboxylic acids is 1. The first-order chi connectivity index (χ1) is 9.97. The number of amides is 1. The van der Waals surface area contributed by atoms with Crippen LogP contribution in [0.15, 0.2) is 30.3 Å². The van der Waals surface area contributed by atoms with Crippen molar-refractivity contribution in [2.45, 2.75) is 26.3 Å². The highest BCUT2D eigenvalue weighted by Crippen LogP contribution is 2.12. The van der Waals surface area contributed by atoms with E-state index in [2.05, 4.69) is 15.5 Å². The Bertz CT molecular complexity index is 644. The number of H-pyrrole nitrogens is 1. The fraction of sp³-hybridized carbons (Fsp3) is 0.267. The number of hydrogen-bond acceptors (Lipinski definition) is 3. The zero-order valence-corrected chi connectivity index (χ0v) is 11.9. The van der Waals surface area contributed by atoms with Crippen LogP contribution in [-0.4, -0.2) is 27.2 Å². The van der Waals surface area contributed by atoms with E-state index in [0.29, 0.717) is 12.2 Å². The van der Waals surface area contributed by atoms with Crippen molar-refractivity contribution in [1.29, 1.82) is 0 Å². The van der Waals surface area contributed by atoms with Crippen molar-refractivity contribution < 1.29 is 14.7 Å². The predicted octanol–water partition coefficient (Wildman–Crippen LogP) is 2.16. The zero-order chi connectivity index (χ0) is 15.4. The second-order valence-corrected chi connectivity index (χ2v) is 5.05. The quantitative estimate of drug-likeness (QED) is 0.785. The van der Waals surface area contributed by atoms with E-state index >= 15 is 0 Å². The van der Waals surface area contributed by atoms with Crippen molar-refractivity contribution in [2.24, 2.45) is 0 Å². The Hall–Kier alpha value is -2.63. The number of aromatic nitrogens is 2. The lowest BCUT2D eigenvalue weighted by molar-refractivity contribution is 0.0696. The number of carbonyl (C=O) groups excluding carboxylic acids is 1. The van der Waals surface area contributed by atoms with E-state index in [0.717, 1.165) is 11.3 Å². The fourth-order valence-corrected chi connectivity index (χ4v) is 1.79. The van der Waals surface area contributed by atoms with Crippen LogP contribution in [0.1, 0.15) is 51.9 Å². The summed E-state index contributed by atoms with van der Waals surface area (Å²) >= 11 is 0. The molecule has 1 aromatic carbocycles. The Morgan fingerprint density at radius 1 is 1.29 bits per heavy atom. The number of nitrogens with zero attached hydrogens (tertiary/aromatic N) is 1. The van der Waals surface area contributed by atoms with Crippen LogP contribution in [0.25, 0.3) is 0 Å². The number of carboxylic acid groups (broad SMARTS) is 1. The summed E-state index contributed by atoms with van der Waals surface area (Å²) < 4.78 is 0. The largest absolute Gasteiger partial charge is 0.478 e. The van der Waals surface area contributed by atoms with E-state index in [1.165, 1.54) is 12.1 Å². The summed E-state index contributed by atoms with van der Waals surface area (Å²) in [4.78, 5) is 22.7. The molecule has 2 rings (SSSR count). The fourth-order valence-electron chi connectivity index (χ4n) is 1.79. The first kappa shape index (κ1) is 14.8. The Morgan fingerprint density at radius 2 is 1.95 bits per heavy atom. The average Bonchev–Trinajstić information content (AvgIpc) is 2.95. The molecule has 6 heteroatoms. The van der Waals surface area contributed by atoms with Crippen LogP contribution in [0.2, 0.25) is 0 Å². The van der Waals surface area contributed by atoms with Crippen LogP contribution in [0.4, 0.5) is 0 Å². The lowest BCUT2D eigenvalue weighted by atomic mass is 10.1. The predicted molar refractivity (Wildman–Crippen MR) is 77.2 cm³/mol. The molecule has 0 aliphatic carbocycles. The molecule has 0 saturated carbocycles. The van der Waals surface area contributed by atoms with E-state index in [1.54, 1.807) is 18.2 Å². The van der Waals surface area contributed by atoms with Crippen LogP contribution >= 0.6 is 0 Å². The van der Waals surface area contributed by atoms with Crippen LogP contribution in [0.3, 0.4) is 0 Å². The molecule has 0 saturated heterocycles. The third-order valence-electron chi connectivity index (χ3n) is 3.11. The molecule has 110 valence electrons. The Morgan fingerprint density at radius 3 is 2.48 bits per heavy atom. The average molecular weight is 287 g/mol. The van der Waals surface area contributed by atoms with Gasteiger partial charge in [0.25, 0.3) is 5.91 Å². The third-order valence-corrected chi connectivity index (χ3v) is 3.11. The van der Waals surface area contributed by atoms with Gasteiger partial charge in [0.05, 0.1) is 5.56 Å². The molecular weight excluding hydrogens is 270 g/mol. The number of rotatable bonds is 5. The van der Waals surface area contributed by atoms with Crippen molar-refractivity contribution in [3.05, 3.63) is 52.8 Å². The minimum Gasteiger partial charge on any atom is -0.478 e. The minimum absolute atomic E-state index is 0.221. The highest BCUT2D eigenvalue weighted by Gasteiger charge is 2.11. The topological polar surface area (TPSA) is 95.1 Å². The molecular formula is C15H17N3O3. The highest BCUT2D eigenvalue weighted by atomic mass is 16.4. The molecule has 0 aliphatic rings. The molecule has 0 bridgehead atoms. The van der Waals surface area contributed by atoms with E-state index in [4.69, 9.17) is 5.11 Å². The molecule has 0 fully saturated rings. The number of aromatic amines is 1. The molecule has 0 radical (unpaired) electrons. The van der Waals surface area contributed by atoms with Gasteiger partial charge in [-0.25, -0.2) is 4.79 Å². The number of nitrogens with one attached hydrogen (secondary N) is 2. The lowest BCUT2D eigenvalue weighted by Crippen LogP contribution is -2.23. The molecule has 6 nitrogen and oxygen atoms in total. The van der Waals surface area contributed by atoms with E-state index in [9.17, 15) is 9.59 Å². The second-order valence-electron chi connectivity index (χ2n) is 5.05. The van der Waals surface area contributed by atoms with E-state index < -0.39 is 5.97 Å². The third kappa shape index (κ3) is 3.68. The molecule has 0 unspecified atom stereocenters. The van der Waals surface area contributed by atoms with Crippen LogP contribution < -0.4 is 5.32 Å². The smallest absolute Gasteiger partial charge is 0.335 e. The Kier molecular flexibility index (Phi) is 4.37. The SMILES string of the molecule is CC(C)c1cc(C(=O)NCc2ccc(C(=O)O)cc2)n[nH]1. The van der Waals surface area contributed by atoms with Crippen LogP contribution in [-0.2, 0) is 6.54 Å². The summed E-state index contributed by atoms with van der Waals surface area (Å²) in [5.41, 5.74) is 2.30.